The van der Waals surface area contributed by atoms with Crippen LogP contribution < -0.4 is 4.72 Å². The lowest BCUT2D eigenvalue weighted by Crippen LogP contribution is -2.30. The molecule has 0 bridgehead atoms. The summed E-state index contributed by atoms with van der Waals surface area (Å²) in [5.74, 6) is 2.23. The molecule has 0 saturated carbocycles. The Morgan fingerprint density at radius 1 is 1.31 bits per heavy atom. The quantitative estimate of drug-likeness (QED) is 0.477. The fourth-order valence-corrected chi connectivity index (χ4v) is 3.60. The van der Waals surface area contributed by atoms with Gasteiger partial charge in [-0.2, -0.15) is 0 Å². The van der Waals surface area contributed by atoms with Crippen LogP contribution in [0.15, 0.2) is 0 Å². The van der Waals surface area contributed by atoms with Crippen LogP contribution in [0.25, 0.3) is 0 Å². The molecule has 0 fully saturated rings. The average molecular weight is 225 g/mol. The van der Waals surface area contributed by atoms with Gasteiger partial charge in [-0.05, 0) is 0 Å². The summed E-state index contributed by atoms with van der Waals surface area (Å²) in [6.07, 6.45) is 5.98. The van der Waals surface area contributed by atoms with Crippen molar-refractivity contribution in [1.29, 1.82) is 0 Å². The van der Waals surface area contributed by atoms with Gasteiger partial charge in [0.2, 0.25) is 10.0 Å². The first-order valence-electron chi connectivity index (χ1n) is 3.35. The molecule has 0 aromatic rings. The molecule has 0 rings (SSSR count). The van der Waals surface area contributed by atoms with Crippen molar-refractivity contribution < 1.29 is 16.8 Å². The van der Waals surface area contributed by atoms with Crippen molar-refractivity contribution in [1.82, 2.24) is 4.72 Å². The minimum atomic E-state index is -3.75. The SMILES string of the molecule is C#CCCNS(=O)(=O)CS(C)(=O)=O. The number of nitrogens with one attached hydrogen (secondary N) is 1. The lowest BCUT2D eigenvalue weighted by Gasteiger charge is -2.02. The third kappa shape index (κ3) is 7.77. The molecule has 5 nitrogen and oxygen atoms in total. The van der Waals surface area contributed by atoms with Gasteiger partial charge >= 0.3 is 0 Å². The van der Waals surface area contributed by atoms with Crippen molar-refractivity contribution in [2.45, 2.75) is 6.42 Å². The van der Waals surface area contributed by atoms with Crippen molar-refractivity contribution in [2.24, 2.45) is 0 Å². The smallest absolute Gasteiger partial charge is 0.226 e. The molecule has 0 heterocycles. The summed E-state index contributed by atoms with van der Waals surface area (Å²) < 4.78 is 45.2. The van der Waals surface area contributed by atoms with Crippen LogP contribution in [0.1, 0.15) is 6.42 Å². The number of terminal acetylenes is 1. The first-order chi connectivity index (χ1) is 5.77. The first-order valence-corrected chi connectivity index (χ1v) is 7.06. The van der Waals surface area contributed by atoms with Crippen molar-refractivity contribution in [3.05, 3.63) is 0 Å². The van der Waals surface area contributed by atoms with E-state index in [0.29, 0.717) is 0 Å². The van der Waals surface area contributed by atoms with Gasteiger partial charge in [0.25, 0.3) is 0 Å². The second kappa shape index (κ2) is 4.60. The molecule has 0 atom stereocenters. The number of hydrogen-bond donors (Lipinski definition) is 1. The van der Waals surface area contributed by atoms with Crippen LogP contribution in [0.4, 0.5) is 0 Å². The largest absolute Gasteiger partial charge is 0.228 e. The summed E-state index contributed by atoms with van der Waals surface area (Å²) in [4.78, 5) is 0. The van der Waals surface area contributed by atoms with E-state index >= 15 is 0 Å². The van der Waals surface area contributed by atoms with E-state index in [9.17, 15) is 16.8 Å². The maximum absolute atomic E-state index is 11.0. The summed E-state index contributed by atoms with van der Waals surface area (Å²) in [5, 5.41) is -0.898. The second-order valence-corrected chi connectivity index (χ2v) is 6.82. The fourth-order valence-electron chi connectivity index (χ4n) is 0.602. The highest BCUT2D eigenvalue weighted by atomic mass is 32.3. The Balaban J connectivity index is 4.21. The lowest BCUT2D eigenvalue weighted by molar-refractivity contribution is 0.581. The molecule has 0 aliphatic rings. The van der Waals surface area contributed by atoms with Crippen molar-refractivity contribution in [3.63, 3.8) is 0 Å². The highest BCUT2D eigenvalue weighted by molar-refractivity contribution is 8.06. The second-order valence-electron chi connectivity index (χ2n) is 2.51. The predicted molar refractivity (Wildman–Crippen MR) is 50.1 cm³/mol. The minimum Gasteiger partial charge on any atom is -0.228 e. The van der Waals surface area contributed by atoms with Crippen LogP contribution in [0.5, 0.6) is 0 Å². The first kappa shape index (κ1) is 12.4. The van der Waals surface area contributed by atoms with Crippen LogP contribution in [0, 0.1) is 12.3 Å². The van der Waals surface area contributed by atoms with Gasteiger partial charge in [-0.25, -0.2) is 21.6 Å². The minimum absolute atomic E-state index is 0.0638. The van der Waals surface area contributed by atoms with E-state index in [1.807, 2.05) is 0 Å². The molecule has 0 aliphatic heterocycles. The molecule has 1 N–H and O–H groups in total. The summed E-state index contributed by atoms with van der Waals surface area (Å²) in [7, 11) is -7.27. The molecule has 0 unspecified atom stereocenters. The molecule has 13 heavy (non-hydrogen) atoms. The van der Waals surface area contributed by atoms with E-state index in [0.717, 1.165) is 6.26 Å². The van der Waals surface area contributed by atoms with Gasteiger partial charge in [-0.3, -0.25) is 0 Å². The van der Waals surface area contributed by atoms with E-state index < -0.39 is 24.9 Å². The Kier molecular flexibility index (Phi) is 4.39. The zero-order valence-corrected chi connectivity index (χ0v) is 8.78. The Hall–Kier alpha value is -0.580. The highest BCUT2D eigenvalue weighted by Gasteiger charge is 2.16. The Morgan fingerprint density at radius 2 is 1.85 bits per heavy atom. The number of sulfone groups is 1. The van der Waals surface area contributed by atoms with E-state index in [1.165, 1.54) is 0 Å². The average Bonchev–Trinajstić information content (AvgIpc) is 1.81. The fraction of sp³-hybridized carbons (Fsp3) is 0.667. The van der Waals surface area contributed by atoms with Crippen LogP contribution in [-0.4, -0.2) is 34.7 Å². The van der Waals surface area contributed by atoms with Gasteiger partial charge in [0.05, 0.1) is 0 Å². The summed E-state index contributed by atoms with van der Waals surface area (Å²) in [5.41, 5.74) is 0. The highest BCUT2D eigenvalue weighted by Crippen LogP contribution is 1.91. The van der Waals surface area contributed by atoms with Gasteiger partial charge in [-0.15, -0.1) is 12.3 Å². The van der Waals surface area contributed by atoms with Gasteiger partial charge in [0.15, 0.2) is 14.9 Å². The van der Waals surface area contributed by atoms with E-state index in [1.54, 1.807) is 0 Å². The zero-order valence-electron chi connectivity index (χ0n) is 7.15. The molecule has 0 amide bonds. The van der Waals surface area contributed by atoms with Crippen molar-refractivity contribution >= 4 is 19.9 Å². The molecule has 0 aromatic carbocycles. The third-order valence-electron chi connectivity index (χ3n) is 0.961. The molecule has 0 aromatic heterocycles. The molecule has 7 heteroatoms. The van der Waals surface area contributed by atoms with E-state index in [2.05, 4.69) is 10.6 Å². The van der Waals surface area contributed by atoms with Gasteiger partial charge in [-0.1, -0.05) is 0 Å². The summed E-state index contributed by atoms with van der Waals surface area (Å²) in [6, 6.07) is 0. The number of sulfonamides is 1. The van der Waals surface area contributed by atoms with Gasteiger partial charge < -0.3 is 0 Å². The maximum Gasteiger partial charge on any atom is 0.226 e. The van der Waals surface area contributed by atoms with Crippen molar-refractivity contribution in [2.75, 3.05) is 17.9 Å². The van der Waals surface area contributed by atoms with E-state index in [4.69, 9.17) is 6.42 Å². The summed E-state index contributed by atoms with van der Waals surface area (Å²) in [6.45, 7) is 0.0638. The molecule has 0 spiro atoms. The predicted octanol–water partition coefficient (Wildman–Crippen LogP) is -1.07. The molecular weight excluding hydrogens is 214 g/mol. The Labute approximate surface area is 78.5 Å². The molecule has 0 aliphatic carbocycles. The Morgan fingerprint density at radius 3 is 2.23 bits per heavy atom. The zero-order chi connectivity index (χ0) is 10.5. The van der Waals surface area contributed by atoms with Crippen LogP contribution in [0.2, 0.25) is 0 Å². The monoisotopic (exact) mass is 225 g/mol. The Bertz CT molecular complexity index is 387. The maximum atomic E-state index is 11.0. The standard InChI is InChI=1S/C6H11NO4S2/c1-3-4-5-7-13(10,11)6-12(2,8)9/h1,7H,4-6H2,2H3. The number of rotatable bonds is 5. The van der Waals surface area contributed by atoms with Gasteiger partial charge in [0, 0.05) is 19.2 Å². The molecule has 0 radical (unpaired) electrons. The third-order valence-corrected chi connectivity index (χ3v) is 4.56. The van der Waals surface area contributed by atoms with Crippen molar-refractivity contribution in [3.8, 4) is 12.3 Å². The topological polar surface area (TPSA) is 80.3 Å². The molecule has 76 valence electrons. The molecular formula is C6H11NO4S2. The van der Waals surface area contributed by atoms with E-state index in [-0.39, 0.29) is 13.0 Å². The lowest BCUT2D eigenvalue weighted by atomic mass is 10.5. The normalized spacial score (nSPS) is 12.3. The molecule has 0 saturated heterocycles. The van der Waals surface area contributed by atoms with Crippen LogP contribution in [-0.2, 0) is 19.9 Å². The van der Waals surface area contributed by atoms with Crippen LogP contribution >= 0.6 is 0 Å². The van der Waals surface area contributed by atoms with Gasteiger partial charge in [0.1, 0.15) is 0 Å². The van der Waals surface area contributed by atoms with Crippen LogP contribution in [0.3, 0.4) is 0 Å². The summed E-state index contributed by atoms with van der Waals surface area (Å²) >= 11 is 0. The number of hydrogen-bond acceptors (Lipinski definition) is 4.